The Kier molecular flexibility index (Phi) is 3.21. The molecule has 0 unspecified atom stereocenters. The molecular weight excluding hydrogens is 320 g/mol. The van der Waals surface area contributed by atoms with Gasteiger partial charge >= 0.3 is 0 Å². The summed E-state index contributed by atoms with van der Waals surface area (Å²) >= 11 is 0. The molecule has 0 spiro atoms. The molecule has 1 aliphatic heterocycles. The van der Waals surface area contributed by atoms with Gasteiger partial charge in [0.2, 0.25) is 0 Å². The predicted molar refractivity (Wildman–Crippen MR) is 104 cm³/mol. The van der Waals surface area contributed by atoms with Gasteiger partial charge in [-0.1, -0.05) is 78.4 Å². The molecule has 3 heteroatoms. The first-order valence-electron chi connectivity index (χ1n) is 8.73. The molecule has 0 saturated heterocycles. The second kappa shape index (κ2) is 5.48. The van der Waals surface area contributed by atoms with E-state index in [2.05, 4.69) is 55.5 Å². The fraction of sp³-hybridized carbons (Fsp3) is 0.130. The number of ether oxygens (including phenoxy) is 1. The van der Waals surface area contributed by atoms with E-state index in [0.717, 1.165) is 27.1 Å². The molecule has 0 fully saturated rings. The second-order valence-corrected chi connectivity index (χ2v) is 6.69. The average Bonchev–Trinajstić information content (AvgIpc) is 3.10. The van der Waals surface area contributed by atoms with Crippen molar-refractivity contribution in [2.75, 3.05) is 7.11 Å². The van der Waals surface area contributed by atoms with Crippen LogP contribution in [0, 0.1) is 6.92 Å². The van der Waals surface area contributed by atoms with Gasteiger partial charge < -0.3 is 4.74 Å². The molecular formula is C23H18N2O. The molecule has 0 atom stereocenters. The van der Waals surface area contributed by atoms with E-state index in [0.29, 0.717) is 0 Å². The van der Waals surface area contributed by atoms with Gasteiger partial charge in [-0.05, 0) is 17.7 Å². The lowest BCUT2D eigenvalue weighted by Crippen LogP contribution is -2.23. The molecule has 0 saturated carbocycles. The van der Waals surface area contributed by atoms with Gasteiger partial charge in [-0.2, -0.15) is 0 Å². The summed E-state index contributed by atoms with van der Waals surface area (Å²) in [5.74, 6) is -1.02. The Morgan fingerprint density at radius 1 is 0.654 bits per heavy atom. The Bertz CT molecular complexity index is 1200. The van der Waals surface area contributed by atoms with Crippen molar-refractivity contribution in [2.24, 2.45) is 9.98 Å². The average molecular weight is 338 g/mol. The molecule has 5 rings (SSSR count). The molecule has 3 nitrogen and oxygen atoms in total. The van der Waals surface area contributed by atoms with Crippen LogP contribution in [0.15, 0.2) is 82.8 Å². The molecule has 1 heterocycles. The van der Waals surface area contributed by atoms with Gasteiger partial charge in [-0.3, -0.25) is 0 Å². The first kappa shape index (κ1) is 15.2. The molecule has 4 aromatic carbocycles. The van der Waals surface area contributed by atoms with Gasteiger partial charge in [0, 0.05) is 23.4 Å². The van der Waals surface area contributed by atoms with E-state index in [1.54, 1.807) is 7.11 Å². The molecule has 0 radical (unpaired) electrons. The molecule has 4 aromatic rings. The highest BCUT2D eigenvalue weighted by Crippen LogP contribution is 2.31. The van der Waals surface area contributed by atoms with Crippen LogP contribution < -0.4 is 10.7 Å². The van der Waals surface area contributed by atoms with Crippen LogP contribution in [0.2, 0.25) is 0 Å². The van der Waals surface area contributed by atoms with Crippen molar-refractivity contribution in [3.05, 3.63) is 94.6 Å². The molecule has 0 aromatic heterocycles. The van der Waals surface area contributed by atoms with E-state index in [4.69, 9.17) is 14.7 Å². The van der Waals surface area contributed by atoms with E-state index in [-0.39, 0.29) is 0 Å². The zero-order valence-electron chi connectivity index (χ0n) is 14.7. The lowest BCUT2D eigenvalue weighted by atomic mass is 10.0. The number of hydrogen-bond donors (Lipinski definition) is 0. The van der Waals surface area contributed by atoms with E-state index in [9.17, 15) is 0 Å². The third kappa shape index (κ3) is 2.04. The van der Waals surface area contributed by atoms with Crippen LogP contribution >= 0.6 is 0 Å². The van der Waals surface area contributed by atoms with Crippen molar-refractivity contribution in [2.45, 2.75) is 12.8 Å². The van der Waals surface area contributed by atoms with Crippen molar-refractivity contribution < 1.29 is 4.74 Å². The summed E-state index contributed by atoms with van der Waals surface area (Å²) in [4.78, 5) is 9.98. The number of hydrogen-bond acceptors (Lipinski definition) is 3. The zero-order chi connectivity index (χ0) is 17.7. The summed E-state index contributed by atoms with van der Waals surface area (Å²) in [6.07, 6.45) is 0. The number of methoxy groups -OCH3 is 1. The fourth-order valence-corrected chi connectivity index (χ4v) is 3.77. The summed E-state index contributed by atoms with van der Waals surface area (Å²) in [5.41, 5.74) is 2.14. The molecule has 0 bridgehead atoms. The Hall–Kier alpha value is -3.04. The van der Waals surface area contributed by atoms with Crippen molar-refractivity contribution in [3.8, 4) is 0 Å². The van der Waals surface area contributed by atoms with Crippen LogP contribution in [0.3, 0.4) is 0 Å². The minimum absolute atomic E-state index is 0.904. The summed E-state index contributed by atoms with van der Waals surface area (Å²) in [6, 6.07) is 25.0. The lowest BCUT2D eigenvalue weighted by Gasteiger charge is -2.21. The molecule has 1 aliphatic rings. The highest BCUT2D eigenvalue weighted by Gasteiger charge is 2.34. The van der Waals surface area contributed by atoms with E-state index in [1.165, 1.54) is 16.3 Å². The Morgan fingerprint density at radius 3 is 1.58 bits per heavy atom. The Labute approximate surface area is 151 Å². The SMILES string of the molecule is COC1(c2ccc(C)cc2)N=c2c(c3ccccc3c3ccccc23)=N1. The molecule has 0 N–H and O–H groups in total. The predicted octanol–water partition coefficient (Wildman–Crippen LogP) is 4.01. The molecule has 0 amide bonds. The number of fused-ring (bicyclic) bond motifs is 6. The molecule has 0 aliphatic carbocycles. The number of rotatable bonds is 2. The first-order chi connectivity index (χ1) is 12.7. The minimum Gasteiger partial charge on any atom is -0.335 e. The normalized spacial score (nSPS) is 14.8. The van der Waals surface area contributed by atoms with E-state index in [1.807, 2.05) is 24.3 Å². The zero-order valence-corrected chi connectivity index (χ0v) is 14.7. The van der Waals surface area contributed by atoms with Crippen molar-refractivity contribution >= 4 is 21.5 Å². The largest absolute Gasteiger partial charge is 0.335 e. The Balaban J connectivity index is 1.95. The van der Waals surface area contributed by atoms with Crippen LogP contribution in [0.25, 0.3) is 21.5 Å². The van der Waals surface area contributed by atoms with Crippen LogP contribution in [0.1, 0.15) is 11.1 Å². The van der Waals surface area contributed by atoms with Crippen molar-refractivity contribution in [1.82, 2.24) is 0 Å². The monoisotopic (exact) mass is 338 g/mol. The standard InChI is InChI=1S/C23H18N2O/c1-15-11-13-16(14-12-15)23(26-2)24-21-19-9-5-3-7-17(19)18-8-4-6-10-20(18)22(21)25-23/h3-14H,1-2H3. The van der Waals surface area contributed by atoms with E-state index < -0.39 is 5.85 Å². The van der Waals surface area contributed by atoms with Crippen LogP contribution in [-0.2, 0) is 10.6 Å². The first-order valence-corrected chi connectivity index (χ1v) is 8.73. The van der Waals surface area contributed by atoms with Crippen molar-refractivity contribution in [1.29, 1.82) is 0 Å². The van der Waals surface area contributed by atoms with Gasteiger partial charge in [-0.15, -0.1) is 0 Å². The maximum atomic E-state index is 5.87. The van der Waals surface area contributed by atoms with Crippen LogP contribution in [0.5, 0.6) is 0 Å². The van der Waals surface area contributed by atoms with Gasteiger partial charge in [0.15, 0.2) is 0 Å². The summed E-state index contributed by atoms with van der Waals surface area (Å²) < 4.78 is 5.87. The highest BCUT2D eigenvalue weighted by molar-refractivity contribution is 6.07. The third-order valence-electron chi connectivity index (χ3n) is 5.12. The van der Waals surface area contributed by atoms with Crippen LogP contribution in [-0.4, -0.2) is 7.11 Å². The lowest BCUT2D eigenvalue weighted by molar-refractivity contribution is -0.000362. The number of nitrogens with zero attached hydrogens (tertiary/aromatic N) is 2. The summed E-state index contributed by atoms with van der Waals surface area (Å²) in [6.45, 7) is 2.07. The minimum atomic E-state index is -1.02. The maximum Gasteiger partial charge on any atom is 0.285 e. The molecule has 126 valence electrons. The number of aryl methyl sites for hydroxylation is 1. The number of benzene rings is 4. The van der Waals surface area contributed by atoms with Gasteiger partial charge in [0.25, 0.3) is 5.85 Å². The smallest absolute Gasteiger partial charge is 0.285 e. The maximum absolute atomic E-state index is 5.87. The summed E-state index contributed by atoms with van der Waals surface area (Å²) in [7, 11) is 1.67. The molecule has 26 heavy (non-hydrogen) atoms. The third-order valence-corrected chi connectivity index (χ3v) is 5.12. The van der Waals surface area contributed by atoms with Gasteiger partial charge in [0.1, 0.15) is 0 Å². The van der Waals surface area contributed by atoms with Crippen molar-refractivity contribution in [3.63, 3.8) is 0 Å². The fourth-order valence-electron chi connectivity index (χ4n) is 3.77. The van der Waals surface area contributed by atoms with Gasteiger partial charge in [-0.25, -0.2) is 9.98 Å². The van der Waals surface area contributed by atoms with E-state index >= 15 is 0 Å². The second-order valence-electron chi connectivity index (χ2n) is 6.69. The highest BCUT2D eigenvalue weighted by atomic mass is 16.5. The topological polar surface area (TPSA) is 34.0 Å². The quantitative estimate of drug-likeness (QED) is 0.509. The Morgan fingerprint density at radius 2 is 1.12 bits per heavy atom. The van der Waals surface area contributed by atoms with Gasteiger partial charge in [0.05, 0.1) is 10.7 Å². The van der Waals surface area contributed by atoms with Crippen LogP contribution in [0.4, 0.5) is 0 Å². The summed E-state index contributed by atoms with van der Waals surface area (Å²) in [5, 5.41) is 6.41.